The second-order valence-electron chi connectivity index (χ2n) is 5.98. The predicted octanol–water partition coefficient (Wildman–Crippen LogP) is 4.92. The van der Waals surface area contributed by atoms with Crippen molar-refractivity contribution in [3.63, 3.8) is 0 Å². The van der Waals surface area contributed by atoms with E-state index in [-0.39, 0.29) is 0 Å². The van der Waals surface area contributed by atoms with Gasteiger partial charge in [-0.3, -0.25) is 0 Å². The molecule has 0 aliphatic carbocycles. The van der Waals surface area contributed by atoms with Crippen LogP contribution < -0.4 is 0 Å². The molecule has 0 saturated carbocycles. The van der Waals surface area contributed by atoms with Crippen LogP contribution in [-0.4, -0.2) is 104 Å². The van der Waals surface area contributed by atoms with E-state index < -0.39 is 0 Å². The quantitative estimate of drug-likeness (QED) is 0.209. The highest BCUT2D eigenvalue weighted by atomic mass is 16.5. The predicted molar refractivity (Wildman–Crippen MR) is 137 cm³/mol. The molecular formula is C25H59NO6. The number of hydrogen-bond donors (Lipinski definition) is 0. The molecular weight excluding hydrogens is 410 g/mol. The minimum atomic E-state index is 0.617. The van der Waals surface area contributed by atoms with Crippen LogP contribution in [0.4, 0.5) is 0 Å². The lowest BCUT2D eigenvalue weighted by Crippen LogP contribution is -2.28. The average molecular weight is 470 g/mol. The zero-order valence-electron chi connectivity index (χ0n) is 23.2. The van der Waals surface area contributed by atoms with Crippen molar-refractivity contribution in [2.75, 3.05) is 99.4 Å². The summed E-state index contributed by atoms with van der Waals surface area (Å²) in [6.07, 6.45) is 2.09. The summed E-state index contributed by atoms with van der Waals surface area (Å²) in [4.78, 5) is 2.19. The molecule has 0 radical (unpaired) electrons. The molecule has 7 heteroatoms. The molecule has 0 rings (SSSR count). The van der Waals surface area contributed by atoms with Gasteiger partial charge in [-0.15, -0.1) is 0 Å². The van der Waals surface area contributed by atoms with E-state index in [4.69, 9.17) is 28.4 Å². The van der Waals surface area contributed by atoms with Crippen LogP contribution in [0, 0.1) is 0 Å². The lowest BCUT2D eigenvalue weighted by Gasteiger charge is -2.16. The topological polar surface area (TPSA) is 58.6 Å². The molecule has 200 valence electrons. The fourth-order valence-electron chi connectivity index (χ4n) is 1.93. The Balaban J connectivity index is -0.000000597. The summed E-state index contributed by atoms with van der Waals surface area (Å²) in [5.74, 6) is 0. The second-order valence-corrected chi connectivity index (χ2v) is 5.98. The lowest BCUT2D eigenvalue weighted by atomic mass is 10.5. The van der Waals surface area contributed by atoms with E-state index in [0.717, 1.165) is 39.1 Å². The van der Waals surface area contributed by atoms with Gasteiger partial charge in [0.25, 0.3) is 0 Å². The summed E-state index contributed by atoms with van der Waals surface area (Å²) < 4.78 is 32.6. The van der Waals surface area contributed by atoms with Gasteiger partial charge < -0.3 is 33.3 Å². The van der Waals surface area contributed by atoms with Crippen molar-refractivity contribution in [1.29, 1.82) is 0 Å². The monoisotopic (exact) mass is 469 g/mol. The van der Waals surface area contributed by atoms with Crippen molar-refractivity contribution in [3.05, 3.63) is 0 Å². The van der Waals surface area contributed by atoms with Crippen LogP contribution >= 0.6 is 0 Å². The first kappa shape index (κ1) is 39.0. The zero-order valence-corrected chi connectivity index (χ0v) is 23.2. The molecule has 0 unspecified atom stereocenters. The summed E-state index contributed by atoms with van der Waals surface area (Å²) in [6.45, 7) is 26.0. The van der Waals surface area contributed by atoms with E-state index in [1.54, 1.807) is 0 Å². The van der Waals surface area contributed by atoms with E-state index >= 15 is 0 Å². The van der Waals surface area contributed by atoms with Crippen LogP contribution in [0.15, 0.2) is 0 Å². The maximum absolute atomic E-state index is 5.55. The van der Waals surface area contributed by atoms with E-state index in [9.17, 15) is 0 Å². The summed E-state index contributed by atoms with van der Waals surface area (Å²) in [5, 5.41) is 0. The van der Waals surface area contributed by atoms with Crippen molar-refractivity contribution in [2.24, 2.45) is 0 Å². The Bertz CT molecular complexity index is 237. The van der Waals surface area contributed by atoms with Crippen molar-refractivity contribution < 1.29 is 28.4 Å². The van der Waals surface area contributed by atoms with Crippen LogP contribution in [0.1, 0.15) is 68.2 Å². The molecule has 0 fully saturated rings. The van der Waals surface area contributed by atoms with Gasteiger partial charge in [0, 0.05) is 26.3 Å². The molecule has 0 aliphatic heterocycles. The van der Waals surface area contributed by atoms with Crippen molar-refractivity contribution in [2.45, 2.75) is 68.2 Å². The average Bonchev–Trinajstić information content (AvgIpc) is 2.85. The van der Waals surface area contributed by atoms with E-state index in [1.807, 2.05) is 41.5 Å². The van der Waals surface area contributed by atoms with Crippen molar-refractivity contribution in [3.8, 4) is 0 Å². The largest absolute Gasteiger partial charge is 0.379 e. The van der Waals surface area contributed by atoms with Gasteiger partial charge in [-0.2, -0.15) is 0 Å². The van der Waals surface area contributed by atoms with Crippen molar-refractivity contribution >= 4 is 0 Å². The molecule has 0 aromatic rings. The summed E-state index contributed by atoms with van der Waals surface area (Å²) in [7, 11) is 2.07. The molecule has 0 aromatic carbocycles. The van der Waals surface area contributed by atoms with Crippen LogP contribution in [-0.2, 0) is 28.4 Å². The summed E-state index contributed by atoms with van der Waals surface area (Å²) >= 11 is 0. The minimum absolute atomic E-state index is 0.617. The van der Waals surface area contributed by atoms with Gasteiger partial charge >= 0.3 is 0 Å². The number of ether oxygens (including phenoxy) is 6. The highest BCUT2D eigenvalue weighted by Crippen LogP contribution is 1.88. The Kier molecular flexibility index (Phi) is 54.1. The summed E-state index contributed by atoms with van der Waals surface area (Å²) in [5.41, 5.74) is 0. The lowest BCUT2D eigenvalue weighted by molar-refractivity contribution is 0.00476. The van der Waals surface area contributed by atoms with E-state index in [1.165, 1.54) is 0 Å². The molecule has 0 N–H and O–H groups in total. The van der Waals surface area contributed by atoms with Crippen molar-refractivity contribution in [1.82, 2.24) is 4.90 Å². The third-order valence-electron chi connectivity index (χ3n) is 3.42. The molecule has 0 bridgehead atoms. The molecule has 0 spiro atoms. The molecule has 0 saturated heterocycles. The first-order valence-corrected chi connectivity index (χ1v) is 13.0. The minimum Gasteiger partial charge on any atom is -0.379 e. The van der Waals surface area contributed by atoms with E-state index in [0.29, 0.717) is 66.1 Å². The molecule has 0 heterocycles. The molecule has 0 atom stereocenters. The Morgan fingerprint density at radius 1 is 0.375 bits per heavy atom. The highest BCUT2D eigenvalue weighted by Gasteiger charge is 1.99. The van der Waals surface area contributed by atoms with Crippen LogP contribution in [0.3, 0.4) is 0 Å². The fourth-order valence-corrected chi connectivity index (χ4v) is 1.93. The third kappa shape index (κ3) is 43.6. The zero-order chi connectivity index (χ0) is 25.1. The van der Waals surface area contributed by atoms with Crippen LogP contribution in [0.2, 0.25) is 0 Å². The fraction of sp³-hybridized carbons (Fsp3) is 1.00. The highest BCUT2D eigenvalue weighted by molar-refractivity contribution is 4.49. The Labute approximate surface area is 201 Å². The molecule has 32 heavy (non-hydrogen) atoms. The van der Waals surface area contributed by atoms with Gasteiger partial charge in [0.2, 0.25) is 0 Å². The number of nitrogens with zero attached hydrogens (tertiary/aromatic N) is 1. The van der Waals surface area contributed by atoms with Gasteiger partial charge in [0.15, 0.2) is 0 Å². The Morgan fingerprint density at radius 2 is 0.594 bits per heavy atom. The van der Waals surface area contributed by atoms with Gasteiger partial charge in [-0.05, 0) is 19.9 Å². The normalized spacial score (nSPS) is 9.94. The molecule has 0 aliphatic rings. The standard InChI is InChI=1S/C19H41NO6.3C2H6/c1-4-8-21-12-16-25-18-14-23-10-6-20(3)7-11-24-15-19-26-17-13-22-9-5-2;3*1-2/h4-19H2,1-3H3;3*1-2H3. The van der Waals surface area contributed by atoms with Gasteiger partial charge in [-0.25, -0.2) is 0 Å². The second kappa shape index (κ2) is 44.4. The van der Waals surface area contributed by atoms with Crippen LogP contribution in [0.25, 0.3) is 0 Å². The molecule has 0 aromatic heterocycles. The first-order chi connectivity index (χ1) is 15.8. The first-order valence-electron chi connectivity index (χ1n) is 13.0. The number of rotatable bonds is 22. The van der Waals surface area contributed by atoms with Gasteiger partial charge in [0.05, 0.1) is 66.1 Å². The van der Waals surface area contributed by atoms with Gasteiger partial charge in [0.1, 0.15) is 0 Å². The maximum Gasteiger partial charge on any atom is 0.0701 e. The Hall–Kier alpha value is -0.280. The maximum atomic E-state index is 5.55. The Morgan fingerprint density at radius 3 is 0.844 bits per heavy atom. The van der Waals surface area contributed by atoms with Gasteiger partial charge in [-0.1, -0.05) is 55.4 Å². The van der Waals surface area contributed by atoms with Crippen LogP contribution in [0.5, 0.6) is 0 Å². The smallest absolute Gasteiger partial charge is 0.0701 e. The number of hydrogen-bond acceptors (Lipinski definition) is 7. The number of likely N-dealkylation sites (N-methyl/N-ethyl adjacent to an activating group) is 1. The molecule has 7 nitrogen and oxygen atoms in total. The third-order valence-corrected chi connectivity index (χ3v) is 3.42. The SMILES string of the molecule is CC.CC.CC.CCCOCCOCCOCCN(C)CCOCCOCCOCCC. The van der Waals surface area contributed by atoms with E-state index in [2.05, 4.69) is 25.8 Å². The summed E-state index contributed by atoms with van der Waals surface area (Å²) in [6, 6.07) is 0. The molecule has 0 amide bonds.